The van der Waals surface area contributed by atoms with Gasteiger partial charge in [0, 0.05) is 28.4 Å². The normalized spacial score (nSPS) is 19.0. The Morgan fingerprint density at radius 2 is 1.68 bits per heavy atom. The molecule has 1 heterocycles. The van der Waals surface area contributed by atoms with E-state index in [4.69, 9.17) is 9.47 Å². The Hall–Kier alpha value is -2.39. The molecular formula is C22H20O2S. The highest BCUT2D eigenvalue weighted by Gasteiger charge is 2.33. The zero-order valence-corrected chi connectivity index (χ0v) is 14.9. The average Bonchev–Trinajstić information content (AvgIpc) is 2.68. The molecule has 2 nitrogen and oxygen atoms in total. The van der Waals surface area contributed by atoms with Crippen molar-refractivity contribution in [3.8, 4) is 11.5 Å². The minimum atomic E-state index is 0.242. The van der Waals surface area contributed by atoms with E-state index in [1.165, 1.54) is 16.7 Å². The van der Waals surface area contributed by atoms with Gasteiger partial charge in [0.1, 0.15) is 11.5 Å². The molecule has 2 atom stereocenters. The first kappa shape index (κ1) is 16.1. The molecule has 0 aromatic heterocycles. The molecule has 3 heteroatoms. The van der Waals surface area contributed by atoms with E-state index in [1.54, 1.807) is 7.11 Å². The van der Waals surface area contributed by atoms with E-state index in [2.05, 4.69) is 73.3 Å². The molecule has 0 aliphatic carbocycles. The number of fused-ring (bicyclic) bond motifs is 1. The zero-order chi connectivity index (χ0) is 17.2. The summed E-state index contributed by atoms with van der Waals surface area (Å²) >= 11 is 4.43. The van der Waals surface area contributed by atoms with Crippen molar-refractivity contribution in [3.63, 3.8) is 0 Å². The van der Waals surface area contributed by atoms with Crippen LogP contribution < -0.4 is 9.47 Å². The molecule has 0 amide bonds. The number of methoxy groups -OCH3 is 1. The zero-order valence-electron chi connectivity index (χ0n) is 14.1. The summed E-state index contributed by atoms with van der Waals surface area (Å²) in [6.45, 7) is 0.650. The Bertz CT molecular complexity index is 859. The molecule has 1 aliphatic heterocycles. The second-order valence-electron chi connectivity index (χ2n) is 6.30. The molecule has 0 radical (unpaired) electrons. The fraction of sp³-hybridized carbons (Fsp3) is 0.182. The first-order chi connectivity index (χ1) is 12.3. The van der Waals surface area contributed by atoms with E-state index >= 15 is 0 Å². The third-order valence-corrected chi connectivity index (χ3v) is 5.15. The summed E-state index contributed by atoms with van der Waals surface area (Å²) in [7, 11) is 1.68. The van der Waals surface area contributed by atoms with Gasteiger partial charge < -0.3 is 9.47 Å². The molecule has 0 N–H and O–H groups in total. The molecule has 4 rings (SSSR count). The van der Waals surface area contributed by atoms with Gasteiger partial charge in [0.05, 0.1) is 13.7 Å². The summed E-state index contributed by atoms with van der Waals surface area (Å²) in [5.41, 5.74) is 3.78. The molecule has 3 aromatic carbocycles. The fourth-order valence-corrected chi connectivity index (χ4v) is 3.75. The minimum Gasteiger partial charge on any atom is -0.497 e. The number of rotatable bonds is 3. The number of hydrogen-bond donors (Lipinski definition) is 1. The first-order valence-corrected chi connectivity index (χ1v) is 8.85. The van der Waals surface area contributed by atoms with Crippen molar-refractivity contribution in [3.05, 3.63) is 89.5 Å². The summed E-state index contributed by atoms with van der Waals surface area (Å²) in [5, 5.41) is 0. The SMILES string of the molecule is COc1ccc2c(c1)OC[C@H](c1ccccc1)[C@@H]2c1ccc(S)cc1. The van der Waals surface area contributed by atoms with Crippen LogP contribution in [-0.4, -0.2) is 13.7 Å². The van der Waals surface area contributed by atoms with Crippen LogP contribution in [0.25, 0.3) is 0 Å². The van der Waals surface area contributed by atoms with E-state index in [0.29, 0.717) is 6.61 Å². The van der Waals surface area contributed by atoms with Crippen molar-refractivity contribution >= 4 is 12.6 Å². The van der Waals surface area contributed by atoms with Crippen LogP contribution in [0.15, 0.2) is 77.7 Å². The van der Waals surface area contributed by atoms with E-state index in [9.17, 15) is 0 Å². The van der Waals surface area contributed by atoms with Crippen LogP contribution in [0.5, 0.6) is 11.5 Å². The lowest BCUT2D eigenvalue weighted by molar-refractivity contribution is 0.247. The van der Waals surface area contributed by atoms with Crippen LogP contribution in [0.1, 0.15) is 28.5 Å². The topological polar surface area (TPSA) is 18.5 Å². The van der Waals surface area contributed by atoms with Crippen LogP contribution in [0.4, 0.5) is 0 Å². The maximum absolute atomic E-state index is 6.11. The second-order valence-corrected chi connectivity index (χ2v) is 6.82. The number of thiol groups is 1. The lowest BCUT2D eigenvalue weighted by Gasteiger charge is -2.34. The van der Waals surface area contributed by atoms with E-state index in [1.807, 2.05) is 12.1 Å². The first-order valence-electron chi connectivity index (χ1n) is 8.41. The van der Waals surface area contributed by atoms with Crippen LogP contribution in [0, 0.1) is 0 Å². The highest BCUT2D eigenvalue weighted by atomic mass is 32.1. The average molecular weight is 348 g/mol. The third-order valence-electron chi connectivity index (χ3n) is 4.86. The Balaban J connectivity index is 1.84. The molecular weight excluding hydrogens is 328 g/mol. The van der Waals surface area contributed by atoms with Gasteiger partial charge in [-0.15, -0.1) is 12.6 Å². The van der Waals surface area contributed by atoms with Crippen molar-refractivity contribution in [1.29, 1.82) is 0 Å². The van der Waals surface area contributed by atoms with Gasteiger partial charge in [0.15, 0.2) is 0 Å². The third kappa shape index (κ3) is 3.12. The maximum Gasteiger partial charge on any atom is 0.126 e. The summed E-state index contributed by atoms with van der Waals surface area (Å²) in [6.07, 6.45) is 0. The van der Waals surface area contributed by atoms with Gasteiger partial charge in [-0.1, -0.05) is 48.5 Å². The molecule has 0 unspecified atom stereocenters. The van der Waals surface area contributed by atoms with Crippen molar-refractivity contribution in [2.75, 3.05) is 13.7 Å². The van der Waals surface area contributed by atoms with Crippen molar-refractivity contribution in [2.24, 2.45) is 0 Å². The van der Waals surface area contributed by atoms with Crippen molar-refractivity contribution in [2.45, 2.75) is 16.7 Å². The van der Waals surface area contributed by atoms with Gasteiger partial charge in [0.2, 0.25) is 0 Å². The number of hydrogen-bond acceptors (Lipinski definition) is 3. The van der Waals surface area contributed by atoms with Crippen molar-refractivity contribution < 1.29 is 9.47 Å². The summed E-state index contributed by atoms with van der Waals surface area (Å²) in [5.74, 6) is 2.24. The quantitative estimate of drug-likeness (QED) is 0.648. The summed E-state index contributed by atoms with van der Waals surface area (Å²) in [6, 6.07) is 25.2. The number of benzene rings is 3. The molecule has 0 bridgehead atoms. The molecule has 25 heavy (non-hydrogen) atoms. The summed E-state index contributed by atoms with van der Waals surface area (Å²) < 4.78 is 11.5. The highest BCUT2D eigenvalue weighted by Crippen LogP contribution is 2.46. The van der Waals surface area contributed by atoms with Crippen LogP contribution in [-0.2, 0) is 0 Å². The minimum absolute atomic E-state index is 0.242. The Labute approximate surface area is 153 Å². The van der Waals surface area contributed by atoms with E-state index in [-0.39, 0.29) is 11.8 Å². The Kier molecular flexibility index (Phi) is 4.41. The van der Waals surface area contributed by atoms with Crippen LogP contribution in [0.3, 0.4) is 0 Å². The van der Waals surface area contributed by atoms with Crippen LogP contribution >= 0.6 is 12.6 Å². The fourth-order valence-electron chi connectivity index (χ4n) is 3.60. The van der Waals surface area contributed by atoms with Gasteiger partial charge >= 0.3 is 0 Å². The predicted molar refractivity (Wildman–Crippen MR) is 103 cm³/mol. The molecule has 0 spiro atoms. The lowest BCUT2D eigenvalue weighted by atomic mass is 9.76. The molecule has 126 valence electrons. The van der Waals surface area contributed by atoms with Crippen molar-refractivity contribution in [1.82, 2.24) is 0 Å². The van der Waals surface area contributed by atoms with Gasteiger partial charge in [-0.3, -0.25) is 0 Å². The Morgan fingerprint density at radius 3 is 2.40 bits per heavy atom. The molecule has 1 aliphatic rings. The van der Waals surface area contributed by atoms with Gasteiger partial charge in [-0.2, -0.15) is 0 Å². The predicted octanol–water partition coefficient (Wildman–Crippen LogP) is 5.29. The smallest absolute Gasteiger partial charge is 0.126 e. The largest absolute Gasteiger partial charge is 0.497 e. The molecule has 0 fully saturated rings. The number of ether oxygens (including phenoxy) is 2. The van der Waals surface area contributed by atoms with E-state index < -0.39 is 0 Å². The standard InChI is InChI=1S/C22H20O2S/c1-23-17-9-12-19-21(13-17)24-14-20(15-5-3-2-4-6-15)22(19)16-7-10-18(25)11-8-16/h2-13,20,22,25H,14H2,1H3/t20-,22-/m1/s1. The lowest BCUT2D eigenvalue weighted by Crippen LogP contribution is -2.25. The molecule has 0 saturated carbocycles. The van der Waals surface area contributed by atoms with Gasteiger partial charge in [-0.05, 0) is 29.3 Å². The van der Waals surface area contributed by atoms with E-state index in [0.717, 1.165) is 16.4 Å². The second kappa shape index (κ2) is 6.85. The molecule has 3 aromatic rings. The highest BCUT2D eigenvalue weighted by molar-refractivity contribution is 7.80. The Morgan fingerprint density at radius 1 is 0.920 bits per heavy atom. The van der Waals surface area contributed by atoms with Gasteiger partial charge in [-0.25, -0.2) is 0 Å². The maximum atomic E-state index is 6.11. The van der Waals surface area contributed by atoms with Crippen LogP contribution in [0.2, 0.25) is 0 Å². The summed E-state index contributed by atoms with van der Waals surface area (Å²) in [4.78, 5) is 0.974. The van der Waals surface area contributed by atoms with Gasteiger partial charge in [0.25, 0.3) is 0 Å². The molecule has 0 saturated heterocycles. The monoisotopic (exact) mass is 348 g/mol.